The topological polar surface area (TPSA) is 63.3 Å². The lowest BCUT2D eigenvalue weighted by molar-refractivity contribution is -0.141. The molecule has 1 rings (SSSR count). The molecule has 0 saturated heterocycles. The fourth-order valence-corrected chi connectivity index (χ4v) is 1.80. The van der Waals surface area contributed by atoms with E-state index in [9.17, 15) is 4.79 Å². The van der Waals surface area contributed by atoms with Crippen molar-refractivity contribution in [1.29, 1.82) is 0 Å². The van der Waals surface area contributed by atoms with Crippen LogP contribution in [0.3, 0.4) is 0 Å². The van der Waals surface area contributed by atoms with E-state index in [-0.39, 0.29) is 12.5 Å². The van der Waals surface area contributed by atoms with Gasteiger partial charge in [0.2, 0.25) is 0 Å². The lowest BCUT2D eigenvalue weighted by Crippen LogP contribution is -2.25. The Morgan fingerprint density at radius 2 is 2.23 bits per heavy atom. The van der Waals surface area contributed by atoms with E-state index in [1.165, 1.54) is 19.3 Å². The third kappa shape index (κ3) is 3.77. The van der Waals surface area contributed by atoms with Crippen LogP contribution in [-0.2, 0) is 4.79 Å². The second kappa shape index (κ2) is 4.61. The molecular weight excluding hydrogens is 166 g/mol. The van der Waals surface area contributed by atoms with Crippen molar-refractivity contribution in [2.45, 2.75) is 32.6 Å². The van der Waals surface area contributed by atoms with Gasteiger partial charge in [0.25, 0.3) is 0 Å². The van der Waals surface area contributed by atoms with Crippen molar-refractivity contribution < 1.29 is 9.90 Å². The van der Waals surface area contributed by atoms with E-state index >= 15 is 0 Å². The Bertz CT molecular complexity index is 178. The zero-order valence-electron chi connectivity index (χ0n) is 8.20. The Kier molecular flexibility index (Phi) is 3.72. The molecule has 3 heteroatoms. The van der Waals surface area contributed by atoms with E-state index in [4.69, 9.17) is 10.8 Å². The highest BCUT2D eigenvalue weighted by Crippen LogP contribution is 2.36. The summed E-state index contributed by atoms with van der Waals surface area (Å²) in [6, 6.07) is 0. The molecule has 0 bridgehead atoms. The first-order chi connectivity index (χ1) is 6.13. The molecule has 76 valence electrons. The summed E-state index contributed by atoms with van der Waals surface area (Å²) in [6.45, 7) is 2.40. The van der Waals surface area contributed by atoms with Crippen molar-refractivity contribution in [3.05, 3.63) is 0 Å². The van der Waals surface area contributed by atoms with Gasteiger partial charge in [0.1, 0.15) is 0 Å². The van der Waals surface area contributed by atoms with E-state index in [2.05, 4.69) is 6.92 Å². The molecule has 2 atom stereocenters. The minimum Gasteiger partial charge on any atom is -0.481 e. The standard InChI is InChI=1S/C10H19NO2/c1-7(4-8-2-3-8)5-9(6-11)10(12)13/h7-9H,2-6,11H2,1H3,(H,12,13). The van der Waals surface area contributed by atoms with Gasteiger partial charge >= 0.3 is 5.97 Å². The molecule has 3 nitrogen and oxygen atoms in total. The van der Waals surface area contributed by atoms with Crippen molar-refractivity contribution in [1.82, 2.24) is 0 Å². The molecule has 0 aliphatic heterocycles. The van der Waals surface area contributed by atoms with Gasteiger partial charge in [-0.15, -0.1) is 0 Å². The highest BCUT2D eigenvalue weighted by molar-refractivity contribution is 5.70. The van der Waals surface area contributed by atoms with E-state index in [1.54, 1.807) is 0 Å². The number of carboxylic acids is 1. The van der Waals surface area contributed by atoms with E-state index < -0.39 is 5.97 Å². The molecule has 0 radical (unpaired) electrons. The van der Waals surface area contributed by atoms with E-state index in [1.807, 2.05) is 0 Å². The Labute approximate surface area is 79.3 Å². The normalized spacial score (nSPS) is 21.1. The molecule has 0 aromatic carbocycles. The molecule has 0 aromatic rings. The lowest BCUT2D eigenvalue weighted by Gasteiger charge is -2.15. The maximum Gasteiger partial charge on any atom is 0.307 e. The summed E-state index contributed by atoms with van der Waals surface area (Å²) in [5, 5.41) is 8.79. The maximum atomic E-state index is 10.7. The first-order valence-electron chi connectivity index (χ1n) is 5.06. The molecule has 0 spiro atoms. The second-order valence-corrected chi connectivity index (χ2v) is 4.29. The molecule has 2 unspecified atom stereocenters. The van der Waals surface area contributed by atoms with Gasteiger partial charge in [-0.2, -0.15) is 0 Å². The summed E-state index contributed by atoms with van der Waals surface area (Å²) >= 11 is 0. The van der Waals surface area contributed by atoms with Crippen molar-refractivity contribution >= 4 is 5.97 Å². The second-order valence-electron chi connectivity index (χ2n) is 4.29. The highest BCUT2D eigenvalue weighted by Gasteiger charge is 2.26. The molecule has 1 aliphatic rings. The average Bonchev–Trinajstić information content (AvgIpc) is 2.83. The van der Waals surface area contributed by atoms with E-state index in [0.29, 0.717) is 5.92 Å². The van der Waals surface area contributed by atoms with Crippen LogP contribution in [0.1, 0.15) is 32.6 Å². The van der Waals surface area contributed by atoms with Crippen LogP contribution in [0.25, 0.3) is 0 Å². The monoisotopic (exact) mass is 185 g/mol. The smallest absolute Gasteiger partial charge is 0.307 e. The summed E-state index contributed by atoms with van der Waals surface area (Å²) in [5.74, 6) is 0.304. The van der Waals surface area contributed by atoms with E-state index in [0.717, 1.165) is 12.3 Å². The summed E-state index contributed by atoms with van der Waals surface area (Å²) in [5.41, 5.74) is 5.39. The number of aliphatic carboxylic acids is 1. The van der Waals surface area contributed by atoms with Gasteiger partial charge in [-0.05, 0) is 24.7 Å². The van der Waals surface area contributed by atoms with Gasteiger partial charge in [0.05, 0.1) is 5.92 Å². The van der Waals surface area contributed by atoms with Gasteiger partial charge in [-0.25, -0.2) is 0 Å². The van der Waals surface area contributed by atoms with Crippen LogP contribution in [0.5, 0.6) is 0 Å². The molecule has 3 N–H and O–H groups in total. The van der Waals surface area contributed by atoms with Crippen molar-refractivity contribution in [2.24, 2.45) is 23.5 Å². The summed E-state index contributed by atoms with van der Waals surface area (Å²) in [4.78, 5) is 10.7. The molecule has 13 heavy (non-hydrogen) atoms. The van der Waals surface area contributed by atoms with Crippen LogP contribution in [0, 0.1) is 17.8 Å². The molecular formula is C10H19NO2. The Morgan fingerprint density at radius 3 is 2.62 bits per heavy atom. The Hall–Kier alpha value is -0.570. The average molecular weight is 185 g/mol. The predicted molar refractivity (Wildman–Crippen MR) is 51.3 cm³/mol. The zero-order valence-corrected chi connectivity index (χ0v) is 8.20. The largest absolute Gasteiger partial charge is 0.481 e. The zero-order chi connectivity index (χ0) is 9.84. The van der Waals surface area contributed by atoms with Gasteiger partial charge in [-0.1, -0.05) is 19.8 Å². The van der Waals surface area contributed by atoms with Gasteiger partial charge < -0.3 is 10.8 Å². The summed E-state index contributed by atoms with van der Waals surface area (Å²) < 4.78 is 0. The lowest BCUT2D eigenvalue weighted by atomic mass is 9.92. The molecule has 0 aromatic heterocycles. The number of carbonyl (C=O) groups is 1. The summed E-state index contributed by atoms with van der Waals surface area (Å²) in [6.07, 6.45) is 4.60. The van der Waals surface area contributed by atoms with Crippen molar-refractivity contribution in [3.63, 3.8) is 0 Å². The fourth-order valence-electron chi connectivity index (χ4n) is 1.80. The van der Waals surface area contributed by atoms with Crippen LogP contribution in [0.2, 0.25) is 0 Å². The number of nitrogens with two attached hydrogens (primary N) is 1. The number of hydrogen-bond donors (Lipinski definition) is 2. The number of hydrogen-bond acceptors (Lipinski definition) is 2. The first kappa shape index (κ1) is 10.5. The predicted octanol–water partition coefficient (Wildman–Crippen LogP) is 1.47. The van der Waals surface area contributed by atoms with Crippen LogP contribution in [-0.4, -0.2) is 17.6 Å². The Balaban J connectivity index is 2.22. The maximum absolute atomic E-state index is 10.7. The minimum absolute atomic E-state index is 0.268. The van der Waals surface area contributed by atoms with Crippen LogP contribution in [0.15, 0.2) is 0 Å². The third-order valence-corrected chi connectivity index (χ3v) is 2.75. The van der Waals surface area contributed by atoms with Gasteiger partial charge in [-0.3, -0.25) is 4.79 Å². The van der Waals surface area contributed by atoms with Crippen molar-refractivity contribution in [3.8, 4) is 0 Å². The quantitative estimate of drug-likeness (QED) is 0.658. The first-order valence-corrected chi connectivity index (χ1v) is 5.06. The SMILES string of the molecule is CC(CC1CC1)CC(CN)C(=O)O. The van der Waals surface area contributed by atoms with Crippen LogP contribution in [0.4, 0.5) is 0 Å². The minimum atomic E-state index is -0.745. The van der Waals surface area contributed by atoms with Crippen LogP contribution < -0.4 is 5.73 Å². The Morgan fingerprint density at radius 1 is 1.62 bits per heavy atom. The highest BCUT2D eigenvalue weighted by atomic mass is 16.4. The van der Waals surface area contributed by atoms with Gasteiger partial charge in [0.15, 0.2) is 0 Å². The molecule has 0 amide bonds. The molecule has 1 saturated carbocycles. The summed E-state index contributed by atoms with van der Waals surface area (Å²) in [7, 11) is 0. The number of rotatable bonds is 6. The number of carboxylic acid groups (broad SMARTS) is 1. The third-order valence-electron chi connectivity index (χ3n) is 2.75. The van der Waals surface area contributed by atoms with Crippen molar-refractivity contribution in [2.75, 3.05) is 6.54 Å². The molecule has 0 heterocycles. The fraction of sp³-hybridized carbons (Fsp3) is 0.900. The van der Waals surface area contributed by atoms with Crippen LogP contribution >= 0.6 is 0 Å². The molecule has 1 aliphatic carbocycles. The van der Waals surface area contributed by atoms with Gasteiger partial charge in [0, 0.05) is 6.54 Å². The molecule has 1 fully saturated rings.